The summed E-state index contributed by atoms with van der Waals surface area (Å²) >= 11 is 9.79. The van der Waals surface area contributed by atoms with Crippen molar-refractivity contribution in [3.8, 4) is 11.5 Å². The maximum atomic E-state index is 11.2. The average Bonchev–Trinajstić information content (AvgIpc) is 2.73. The van der Waals surface area contributed by atoms with E-state index in [-0.39, 0.29) is 5.56 Å². The largest absolute Gasteiger partial charge is 0.493 e. The van der Waals surface area contributed by atoms with Crippen molar-refractivity contribution in [1.82, 2.24) is 0 Å². The van der Waals surface area contributed by atoms with Gasteiger partial charge in [0.25, 0.3) is 0 Å². The van der Waals surface area contributed by atoms with E-state index >= 15 is 0 Å². The second-order valence-corrected chi connectivity index (χ2v) is 7.45. The Balaban J connectivity index is 1.86. The molecule has 150 valence electrons. The lowest BCUT2D eigenvalue weighted by Crippen LogP contribution is -2.07. The average molecular weight is 477 g/mol. The number of benzene rings is 3. The van der Waals surface area contributed by atoms with Gasteiger partial charge < -0.3 is 19.9 Å². The number of hydrogen-bond acceptors (Lipinski definition) is 4. The van der Waals surface area contributed by atoms with Gasteiger partial charge in [0.2, 0.25) is 0 Å². The maximum absolute atomic E-state index is 11.2. The predicted octanol–water partition coefficient (Wildman–Crippen LogP) is 6.00. The number of halogens is 2. The standard InChI is InChI=1S/C22H19BrClNO4/c1-28-20-10-8-17(23)16(21(20)29-13-14-5-3-2-4-6-14)12-25-19-11-15(22(26)27)7-9-18(19)24/h2-11,25H,12-13H2,1H3,(H,26,27). The maximum Gasteiger partial charge on any atom is 0.335 e. The van der Waals surface area contributed by atoms with Gasteiger partial charge in [-0.1, -0.05) is 57.9 Å². The van der Waals surface area contributed by atoms with Crippen LogP contribution in [-0.4, -0.2) is 18.2 Å². The molecule has 0 atom stereocenters. The SMILES string of the molecule is COc1ccc(Br)c(CNc2cc(C(=O)O)ccc2Cl)c1OCc1ccccc1. The molecule has 7 heteroatoms. The monoisotopic (exact) mass is 475 g/mol. The molecule has 0 amide bonds. The number of carboxylic acid groups (broad SMARTS) is 1. The molecule has 29 heavy (non-hydrogen) atoms. The molecule has 0 radical (unpaired) electrons. The molecule has 3 rings (SSSR count). The minimum absolute atomic E-state index is 0.155. The van der Waals surface area contributed by atoms with Gasteiger partial charge in [-0.05, 0) is 35.9 Å². The normalized spacial score (nSPS) is 10.4. The Bertz CT molecular complexity index is 1010. The van der Waals surface area contributed by atoms with Crippen molar-refractivity contribution >= 4 is 39.2 Å². The Labute approximate surface area is 182 Å². The van der Waals surface area contributed by atoms with Crippen LogP contribution in [0.1, 0.15) is 21.5 Å². The summed E-state index contributed by atoms with van der Waals surface area (Å²) in [5.41, 5.74) is 2.54. The second kappa shape index (κ2) is 9.67. The first-order valence-electron chi connectivity index (χ1n) is 8.78. The fraction of sp³-hybridized carbons (Fsp3) is 0.136. The minimum Gasteiger partial charge on any atom is -0.493 e. The van der Waals surface area contributed by atoms with Crippen LogP contribution >= 0.6 is 27.5 Å². The molecular weight excluding hydrogens is 458 g/mol. The zero-order valence-electron chi connectivity index (χ0n) is 15.6. The summed E-state index contributed by atoms with van der Waals surface area (Å²) < 4.78 is 12.4. The quantitative estimate of drug-likeness (QED) is 0.417. The number of hydrogen-bond donors (Lipinski definition) is 2. The molecule has 0 unspecified atom stereocenters. The number of methoxy groups -OCH3 is 1. The van der Waals surface area contributed by atoms with Crippen LogP contribution in [0.5, 0.6) is 11.5 Å². The Morgan fingerprint density at radius 1 is 1.14 bits per heavy atom. The highest BCUT2D eigenvalue weighted by Gasteiger charge is 2.16. The van der Waals surface area contributed by atoms with E-state index < -0.39 is 5.97 Å². The van der Waals surface area contributed by atoms with Crippen LogP contribution in [0.2, 0.25) is 5.02 Å². The fourth-order valence-corrected chi connectivity index (χ4v) is 3.41. The van der Waals surface area contributed by atoms with Gasteiger partial charge in [0, 0.05) is 16.6 Å². The lowest BCUT2D eigenvalue weighted by atomic mass is 10.1. The van der Waals surface area contributed by atoms with Gasteiger partial charge in [-0.3, -0.25) is 0 Å². The van der Waals surface area contributed by atoms with E-state index in [4.69, 9.17) is 21.1 Å². The highest BCUT2D eigenvalue weighted by Crippen LogP contribution is 2.37. The van der Waals surface area contributed by atoms with E-state index in [0.29, 0.717) is 35.4 Å². The topological polar surface area (TPSA) is 67.8 Å². The number of aromatic carboxylic acids is 1. The molecule has 0 fully saturated rings. The predicted molar refractivity (Wildman–Crippen MR) is 117 cm³/mol. The summed E-state index contributed by atoms with van der Waals surface area (Å²) in [4.78, 5) is 11.2. The molecule has 0 spiro atoms. The molecule has 0 aromatic heterocycles. The van der Waals surface area contributed by atoms with Crippen LogP contribution in [0.3, 0.4) is 0 Å². The molecule has 0 saturated carbocycles. The van der Waals surface area contributed by atoms with Crippen molar-refractivity contribution in [2.24, 2.45) is 0 Å². The van der Waals surface area contributed by atoms with E-state index in [9.17, 15) is 9.90 Å². The molecule has 0 heterocycles. The molecule has 5 nitrogen and oxygen atoms in total. The Hall–Kier alpha value is -2.70. The van der Waals surface area contributed by atoms with Gasteiger partial charge in [0.15, 0.2) is 11.5 Å². The van der Waals surface area contributed by atoms with E-state index in [1.807, 2.05) is 42.5 Å². The van der Waals surface area contributed by atoms with Crippen LogP contribution in [0, 0.1) is 0 Å². The molecule has 0 aliphatic heterocycles. The van der Waals surface area contributed by atoms with Crippen molar-refractivity contribution in [3.63, 3.8) is 0 Å². The van der Waals surface area contributed by atoms with Crippen molar-refractivity contribution in [3.05, 3.63) is 86.8 Å². The van der Waals surface area contributed by atoms with E-state index in [1.165, 1.54) is 12.1 Å². The first-order valence-corrected chi connectivity index (χ1v) is 9.95. The molecule has 2 N–H and O–H groups in total. The third kappa shape index (κ3) is 5.22. The minimum atomic E-state index is -1.01. The van der Waals surface area contributed by atoms with Gasteiger partial charge in [0.1, 0.15) is 6.61 Å². The zero-order valence-corrected chi connectivity index (χ0v) is 18.0. The summed E-state index contributed by atoms with van der Waals surface area (Å²) in [5, 5.41) is 12.8. The highest BCUT2D eigenvalue weighted by molar-refractivity contribution is 9.10. The van der Waals surface area contributed by atoms with E-state index in [0.717, 1.165) is 15.6 Å². The molecule has 0 aliphatic carbocycles. The number of anilines is 1. The first kappa shape index (κ1) is 21.0. The summed E-state index contributed by atoms with van der Waals surface area (Å²) in [6.45, 7) is 0.737. The van der Waals surface area contributed by atoms with Crippen molar-refractivity contribution in [2.45, 2.75) is 13.2 Å². The van der Waals surface area contributed by atoms with Crippen LogP contribution in [0.25, 0.3) is 0 Å². The zero-order chi connectivity index (χ0) is 20.8. The van der Waals surface area contributed by atoms with Crippen molar-refractivity contribution in [1.29, 1.82) is 0 Å². The van der Waals surface area contributed by atoms with Crippen LogP contribution in [-0.2, 0) is 13.2 Å². The van der Waals surface area contributed by atoms with Gasteiger partial charge >= 0.3 is 5.97 Å². The third-order valence-corrected chi connectivity index (χ3v) is 5.35. The molecule has 0 saturated heterocycles. The number of carboxylic acids is 1. The third-order valence-electron chi connectivity index (χ3n) is 4.28. The molecule has 0 aliphatic rings. The van der Waals surface area contributed by atoms with E-state index in [2.05, 4.69) is 21.2 Å². The Kier molecular flexibility index (Phi) is 7.01. The van der Waals surface area contributed by atoms with Gasteiger partial charge in [-0.2, -0.15) is 0 Å². The summed E-state index contributed by atoms with van der Waals surface area (Å²) in [7, 11) is 1.59. The Morgan fingerprint density at radius 2 is 1.90 bits per heavy atom. The number of ether oxygens (including phenoxy) is 2. The number of rotatable bonds is 8. The van der Waals surface area contributed by atoms with Crippen LogP contribution < -0.4 is 14.8 Å². The van der Waals surface area contributed by atoms with Crippen LogP contribution in [0.4, 0.5) is 5.69 Å². The fourth-order valence-electron chi connectivity index (χ4n) is 2.77. The highest BCUT2D eigenvalue weighted by atomic mass is 79.9. The molecule has 3 aromatic rings. The van der Waals surface area contributed by atoms with Crippen molar-refractivity contribution < 1.29 is 19.4 Å². The smallest absolute Gasteiger partial charge is 0.335 e. The lowest BCUT2D eigenvalue weighted by molar-refractivity contribution is 0.0697. The molecular formula is C22H19BrClNO4. The lowest BCUT2D eigenvalue weighted by Gasteiger charge is -2.18. The summed E-state index contributed by atoms with van der Waals surface area (Å²) in [6.07, 6.45) is 0. The number of nitrogens with one attached hydrogen (secondary N) is 1. The summed E-state index contributed by atoms with van der Waals surface area (Å²) in [6, 6.07) is 18.1. The van der Waals surface area contributed by atoms with E-state index in [1.54, 1.807) is 13.2 Å². The Morgan fingerprint density at radius 3 is 2.59 bits per heavy atom. The van der Waals surface area contributed by atoms with Gasteiger partial charge in [0.05, 0.1) is 23.4 Å². The molecule has 0 bridgehead atoms. The summed E-state index contributed by atoms with van der Waals surface area (Å²) in [5.74, 6) is 0.189. The first-order chi connectivity index (χ1) is 14.0. The number of carbonyl (C=O) groups is 1. The van der Waals surface area contributed by atoms with Crippen molar-refractivity contribution in [2.75, 3.05) is 12.4 Å². The van der Waals surface area contributed by atoms with Gasteiger partial charge in [-0.25, -0.2) is 4.79 Å². The second-order valence-electron chi connectivity index (χ2n) is 6.18. The molecule has 3 aromatic carbocycles. The van der Waals surface area contributed by atoms with Gasteiger partial charge in [-0.15, -0.1) is 0 Å². The van der Waals surface area contributed by atoms with Crippen LogP contribution in [0.15, 0.2) is 65.1 Å².